The molecule has 3 aromatic heterocycles. The summed E-state index contributed by atoms with van der Waals surface area (Å²) in [7, 11) is 0. The van der Waals surface area contributed by atoms with Crippen molar-refractivity contribution in [3.63, 3.8) is 0 Å². The number of aromatic amines is 1. The smallest absolute Gasteiger partial charge is 0.231 e. The number of nitrogens with zero attached hydrogens (tertiary/aromatic N) is 4. The van der Waals surface area contributed by atoms with Crippen LogP contribution in [0.4, 0.5) is 14.6 Å². The van der Waals surface area contributed by atoms with E-state index in [0.29, 0.717) is 51.8 Å². The minimum atomic E-state index is -1.10. The Morgan fingerprint density at radius 1 is 1.30 bits per heavy atom. The summed E-state index contributed by atoms with van der Waals surface area (Å²) in [5.41, 5.74) is 2.63. The quantitative estimate of drug-likeness (QED) is 0.419. The third-order valence-electron chi connectivity index (χ3n) is 6.11. The number of hydrogen-bond donors (Lipinski definition) is 3. The van der Waals surface area contributed by atoms with Crippen molar-refractivity contribution < 1.29 is 18.7 Å². The number of H-pyrrole nitrogens is 1. The number of rotatable bonds is 4. The molecule has 0 bridgehead atoms. The van der Waals surface area contributed by atoms with E-state index in [1.54, 1.807) is 29.1 Å². The van der Waals surface area contributed by atoms with Crippen LogP contribution in [0, 0.1) is 11.7 Å². The van der Waals surface area contributed by atoms with Crippen molar-refractivity contribution in [3.8, 4) is 11.3 Å². The summed E-state index contributed by atoms with van der Waals surface area (Å²) in [5, 5.41) is 19.9. The number of amides is 1. The topological polar surface area (TPSA) is 108 Å². The van der Waals surface area contributed by atoms with Crippen molar-refractivity contribution in [2.24, 2.45) is 5.92 Å². The number of aliphatic hydroxyl groups excluding tert-OH is 1. The SMILES string of the molecule is O=C(Nc1cn2cc(-c3c(Cl)c(F)c(C4=CC(O)CC4)c4[nH]ncc34)ncc2n1)[C@@H]1C[C@@H]1F. The molecule has 1 saturated carbocycles. The number of aromatic nitrogens is 5. The fourth-order valence-electron chi connectivity index (χ4n) is 4.32. The number of allylic oxidation sites excluding steroid dienone is 1. The van der Waals surface area contributed by atoms with Gasteiger partial charge in [-0.2, -0.15) is 5.10 Å². The molecule has 6 rings (SSSR count). The second kappa shape index (κ2) is 7.32. The van der Waals surface area contributed by atoms with Gasteiger partial charge in [0.05, 0.1) is 46.8 Å². The largest absolute Gasteiger partial charge is 0.389 e. The number of carbonyl (C=O) groups excluding carboxylic acids is 1. The number of imidazole rings is 1. The van der Waals surface area contributed by atoms with Crippen LogP contribution in [0.15, 0.2) is 30.9 Å². The average molecular weight is 471 g/mol. The molecule has 11 heteroatoms. The average Bonchev–Trinajstić information content (AvgIpc) is 3.16. The van der Waals surface area contributed by atoms with Gasteiger partial charge in [-0.15, -0.1) is 0 Å². The molecule has 3 heterocycles. The van der Waals surface area contributed by atoms with Crippen LogP contribution in [-0.2, 0) is 4.79 Å². The number of halogens is 3. The highest BCUT2D eigenvalue weighted by Crippen LogP contribution is 2.43. The van der Waals surface area contributed by atoms with Gasteiger partial charge in [0.1, 0.15) is 6.17 Å². The molecule has 1 aromatic carbocycles. The van der Waals surface area contributed by atoms with Crippen molar-refractivity contribution in [2.45, 2.75) is 31.5 Å². The van der Waals surface area contributed by atoms with Gasteiger partial charge >= 0.3 is 0 Å². The molecule has 33 heavy (non-hydrogen) atoms. The van der Waals surface area contributed by atoms with E-state index in [1.165, 1.54) is 6.20 Å². The lowest BCUT2D eigenvalue weighted by Gasteiger charge is -2.13. The van der Waals surface area contributed by atoms with Gasteiger partial charge in [0.15, 0.2) is 17.3 Å². The van der Waals surface area contributed by atoms with Crippen LogP contribution in [0.3, 0.4) is 0 Å². The first-order valence-electron chi connectivity index (χ1n) is 10.4. The molecule has 0 aliphatic heterocycles. The van der Waals surface area contributed by atoms with Crippen molar-refractivity contribution in [3.05, 3.63) is 47.3 Å². The lowest BCUT2D eigenvalue weighted by atomic mass is 9.97. The normalized spacial score (nSPS) is 22.2. The number of benzene rings is 1. The van der Waals surface area contributed by atoms with Gasteiger partial charge in [0.25, 0.3) is 0 Å². The Balaban J connectivity index is 1.43. The number of aliphatic hydroxyl groups is 1. The molecule has 3 N–H and O–H groups in total. The number of carbonyl (C=O) groups is 1. The highest BCUT2D eigenvalue weighted by atomic mass is 35.5. The molecular weight excluding hydrogens is 454 g/mol. The Morgan fingerprint density at radius 2 is 2.12 bits per heavy atom. The number of hydrogen-bond acceptors (Lipinski definition) is 5. The first-order valence-corrected chi connectivity index (χ1v) is 10.8. The van der Waals surface area contributed by atoms with Gasteiger partial charge in [-0.3, -0.25) is 14.9 Å². The van der Waals surface area contributed by atoms with Crippen molar-refractivity contribution in [1.29, 1.82) is 0 Å². The van der Waals surface area contributed by atoms with E-state index >= 15 is 4.39 Å². The van der Waals surface area contributed by atoms with E-state index in [0.717, 1.165) is 0 Å². The van der Waals surface area contributed by atoms with Crippen LogP contribution in [0.1, 0.15) is 24.8 Å². The van der Waals surface area contributed by atoms with Crippen LogP contribution in [0.2, 0.25) is 5.02 Å². The predicted molar refractivity (Wildman–Crippen MR) is 118 cm³/mol. The van der Waals surface area contributed by atoms with Gasteiger partial charge in [-0.25, -0.2) is 13.8 Å². The van der Waals surface area contributed by atoms with E-state index in [2.05, 4.69) is 25.5 Å². The Labute approximate surface area is 190 Å². The maximum atomic E-state index is 15.5. The van der Waals surface area contributed by atoms with E-state index in [9.17, 15) is 14.3 Å². The summed E-state index contributed by atoms with van der Waals surface area (Å²) >= 11 is 6.50. The van der Waals surface area contributed by atoms with Crippen molar-refractivity contribution in [2.75, 3.05) is 5.32 Å². The first kappa shape index (κ1) is 20.3. The monoisotopic (exact) mass is 470 g/mol. The summed E-state index contributed by atoms with van der Waals surface area (Å²) in [6, 6.07) is 0. The molecule has 168 valence electrons. The molecule has 1 amide bonds. The Hall–Kier alpha value is -3.37. The maximum absolute atomic E-state index is 15.5. The van der Waals surface area contributed by atoms with Gasteiger partial charge < -0.3 is 14.8 Å². The Bertz CT molecular complexity index is 1480. The van der Waals surface area contributed by atoms with E-state index in [-0.39, 0.29) is 17.3 Å². The summed E-state index contributed by atoms with van der Waals surface area (Å²) in [6.07, 6.45) is 7.41. The number of anilines is 1. The van der Waals surface area contributed by atoms with E-state index in [4.69, 9.17) is 11.6 Å². The molecule has 1 unspecified atom stereocenters. The van der Waals surface area contributed by atoms with E-state index < -0.39 is 29.9 Å². The van der Waals surface area contributed by atoms with Gasteiger partial charge in [-0.05, 0) is 24.8 Å². The third kappa shape index (κ3) is 3.28. The molecule has 3 atom stereocenters. The zero-order chi connectivity index (χ0) is 22.9. The summed E-state index contributed by atoms with van der Waals surface area (Å²) in [6.45, 7) is 0. The minimum Gasteiger partial charge on any atom is -0.389 e. The number of alkyl halides is 1. The lowest BCUT2D eigenvalue weighted by Crippen LogP contribution is -2.15. The highest BCUT2D eigenvalue weighted by Gasteiger charge is 2.43. The fourth-order valence-corrected chi connectivity index (χ4v) is 4.61. The van der Waals surface area contributed by atoms with Crippen LogP contribution >= 0.6 is 11.6 Å². The summed E-state index contributed by atoms with van der Waals surface area (Å²) < 4.78 is 30.2. The van der Waals surface area contributed by atoms with Crippen LogP contribution in [-0.4, -0.2) is 47.9 Å². The molecule has 0 spiro atoms. The zero-order valence-corrected chi connectivity index (χ0v) is 17.8. The van der Waals surface area contributed by atoms with Gasteiger partial charge in [0, 0.05) is 22.7 Å². The molecule has 8 nitrogen and oxygen atoms in total. The van der Waals surface area contributed by atoms with Crippen LogP contribution < -0.4 is 5.32 Å². The first-order chi connectivity index (χ1) is 15.9. The van der Waals surface area contributed by atoms with E-state index in [1.807, 2.05) is 0 Å². The number of nitrogens with one attached hydrogen (secondary N) is 2. The molecule has 0 saturated heterocycles. The molecule has 1 fully saturated rings. The van der Waals surface area contributed by atoms with Crippen LogP contribution in [0.25, 0.3) is 33.4 Å². The molecule has 2 aliphatic carbocycles. The Kier molecular flexibility index (Phi) is 4.49. The van der Waals surface area contributed by atoms with Crippen molar-refractivity contribution >= 4 is 45.4 Å². The Morgan fingerprint density at radius 3 is 2.85 bits per heavy atom. The third-order valence-corrected chi connectivity index (χ3v) is 6.47. The summed E-state index contributed by atoms with van der Waals surface area (Å²) in [5.74, 6) is -1.39. The lowest BCUT2D eigenvalue weighted by molar-refractivity contribution is -0.117. The maximum Gasteiger partial charge on any atom is 0.231 e. The number of fused-ring (bicyclic) bond motifs is 2. The summed E-state index contributed by atoms with van der Waals surface area (Å²) in [4.78, 5) is 20.7. The second-order valence-corrected chi connectivity index (χ2v) is 8.72. The fraction of sp³-hybridized carbons (Fsp3) is 0.273. The molecule has 4 aromatic rings. The predicted octanol–water partition coefficient (Wildman–Crippen LogP) is 3.90. The standard InChI is InChI=1S/C22H17ClF2N6O2/c23-19-18(12-5-27-30-21(12)17(20(19)25)9-1-2-10(32)3-9)14-7-31-8-15(28-16(31)6-26-14)29-22(33)11-4-13(11)24/h3,5-8,10-11,13,32H,1-2,4H2,(H,27,30)(H,29,33)/t10?,11-,13+/m1/s1. The molecular formula is C22H17ClF2N6O2. The molecule has 0 radical (unpaired) electrons. The van der Waals surface area contributed by atoms with Gasteiger partial charge in [-0.1, -0.05) is 17.7 Å². The van der Waals surface area contributed by atoms with Gasteiger partial charge in [0.2, 0.25) is 5.91 Å². The zero-order valence-electron chi connectivity index (χ0n) is 17.0. The van der Waals surface area contributed by atoms with Crippen molar-refractivity contribution in [1.82, 2.24) is 24.6 Å². The second-order valence-electron chi connectivity index (χ2n) is 8.35. The minimum absolute atomic E-state index is 0.107. The molecule has 2 aliphatic rings. The highest BCUT2D eigenvalue weighted by molar-refractivity contribution is 6.35. The van der Waals surface area contributed by atoms with Crippen LogP contribution in [0.5, 0.6) is 0 Å².